The first-order valence-corrected chi connectivity index (χ1v) is 2.84. The molecular formula is C8H8IN. The third-order valence-electron chi connectivity index (χ3n) is 1.13. The van der Waals surface area contributed by atoms with Crippen molar-refractivity contribution in [2.75, 3.05) is 0 Å². The van der Waals surface area contributed by atoms with Gasteiger partial charge in [-0.1, -0.05) is 30.3 Å². The summed E-state index contributed by atoms with van der Waals surface area (Å²) in [5, 5.41) is 8.27. The Kier molecular flexibility index (Phi) is 4.95. The number of nitriles is 1. The Morgan fingerprint density at radius 2 is 1.80 bits per heavy atom. The van der Waals surface area contributed by atoms with Crippen LogP contribution in [0.2, 0.25) is 0 Å². The molecule has 1 aromatic carbocycles. The summed E-state index contributed by atoms with van der Waals surface area (Å²) in [5.41, 5.74) is 1.08. The molecule has 0 fully saturated rings. The van der Waals surface area contributed by atoms with Crippen molar-refractivity contribution in [3.05, 3.63) is 35.9 Å². The summed E-state index contributed by atoms with van der Waals surface area (Å²) in [4.78, 5) is 0. The SMILES string of the molecule is I.N#CCc1ccccc1. The van der Waals surface area contributed by atoms with Gasteiger partial charge in [0, 0.05) is 0 Å². The minimum atomic E-state index is 0. The van der Waals surface area contributed by atoms with Crippen LogP contribution in [0.4, 0.5) is 0 Å². The predicted molar refractivity (Wildman–Crippen MR) is 51.2 cm³/mol. The second-order valence-electron chi connectivity index (χ2n) is 1.82. The van der Waals surface area contributed by atoms with E-state index in [9.17, 15) is 0 Å². The van der Waals surface area contributed by atoms with Crippen molar-refractivity contribution in [1.29, 1.82) is 5.26 Å². The topological polar surface area (TPSA) is 23.8 Å². The average molecular weight is 245 g/mol. The lowest BCUT2D eigenvalue weighted by Gasteiger charge is -1.88. The third kappa shape index (κ3) is 2.83. The van der Waals surface area contributed by atoms with E-state index in [0.717, 1.165) is 5.56 Å². The Morgan fingerprint density at radius 1 is 1.20 bits per heavy atom. The molecule has 0 atom stereocenters. The summed E-state index contributed by atoms with van der Waals surface area (Å²) < 4.78 is 0. The molecule has 0 saturated carbocycles. The van der Waals surface area contributed by atoms with E-state index in [4.69, 9.17) is 5.26 Å². The molecule has 0 aromatic heterocycles. The van der Waals surface area contributed by atoms with E-state index in [1.165, 1.54) is 0 Å². The van der Waals surface area contributed by atoms with Crippen LogP contribution in [0.1, 0.15) is 5.56 Å². The molecule has 1 aromatic rings. The lowest BCUT2D eigenvalue weighted by molar-refractivity contribution is 1.26. The summed E-state index contributed by atoms with van der Waals surface area (Å²) in [7, 11) is 0. The number of benzene rings is 1. The van der Waals surface area contributed by atoms with Crippen molar-refractivity contribution in [3.8, 4) is 6.07 Å². The zero-order chi connectivity index (χ0) is 6.53. The van der Waals surface area contributed by atoms with Crippen LogP contribution in [0.25, 0.3) is 0 Å². The monoisotopic (exact) mass is 245 g/mol. The molecule has 1 rings (SSSR count). The van der Waals surface area contributed by atoms with E-state index in [-0.39, 0.29) is 24.0 Å². The van der Waals surface area contributed by atoms with E-state index < -0.39 is 0 Å². The van der Waals surface area contributed by atoms with Gasteiger partial charge in [-0.2, -0.15) is 5.26 Å². The van der Waals surface area contributed by atoms with E-state index >= 15 is 0 Å². The van der Waals surface area contributed by atoms with Crippen molar-refractivity contribution in [2.24, 2.45) is 0 Å². The summed E-state index contributed by atoms with van der Waals surface area (Å²) in [5.74, 6) is 0. The van der Waals surface area contributed by atoms with Crippen molar-refractivity contribution < 1.29 is 0 Å². The van der Waals surface area contributed by atoms with E-state index in [1.807, 2.05) is 30.3 Å². The second-order valence-corrected chi connectivity index (χ2v) is 1.82. The van der Waals surface area contributed by atoms with E-state index in [1.54, 1.807) is 0 Å². The smallest absolute Gasteiger partial charge is 0.0669 e. The Balaban J connectivity index is 0.000000810. The van der Waals surface area contributed by atoms with Gasteiger partial charge >= 0.3 is 0 Å². The second kappa shape index (κ2) is 5.24. The lowest BCUT2D eigenvalue weighted by atomic mass is 10.2. The lowest BCUT2D eigenvalue weighted by Crippen LogP contribution is -1.76. The Hall–Kier alpha value is -0.560. The molecule has 2 heteroatoms. The number of halogens is 1. The highest BCUT2D eigenvalue weighted by molar-refractivity contribution is 14.0. The summed E-state index contributed by atoms with van der Waals surface area (Å²) in [6.45, 7) is 0. The number of hydrogen-bond acceptors (Lipinski definition) is 1. The van der Waals surface area contributed by atoms with Gasteiger partial charge in [0.25, 0.3) is 0 Å². The van der Waals surface area contributed by atoms with Crippen LogP contribution in [0.5, 0.6) is 0 Å². The van der Waals surface area contributed by atoms with Gasteiger partial charge in [0.05, 0.1) is 12.5 Å². The molecule has 0 heterocycles. The zero-order valence-corrected chi connectivity index (χ0v) is 7.78. The molecule has 0 unspecified atom stereocenters. The standard InChI is InChI=1S/C8H7N.HI/c9-7-6-8-4-2-1-3-5-8;/h1-5H,6H2;1H. The van der Waals surface area contributed by atoms with Gasteiger partial charge in [-0.15, -0.1) is 24.0 Å². The van der Waals surface area contributed by atoms with Gasteiger partial charge < -0.3 is 0 Å². The molecule has 0 N–H and O–H groups in total. The number of nitrogens with zero attached hydrogens (tertiary/aromatic N) is 1. The molecule has 0 aliphatic carbocycles. The van der Waals surface area contributed by atoms with Gasteiger partial charge in [0.15, 0.2) is 0 Å². The highest BCUT2D eigenvalue weighted by Crippen LogP contribution is 1.96. The number of hydrogen-bond donors (Lipinski definition) is 0. The average Bonchev–Trinajstić information content (AvgIpc) is 1.91. The van der Waals surface area contributed by atoms with Crippen molar-refractivity contribution in [1.82, 2.24) is 0 Å². The molecule has 0 bridgehead atoms. The van der Waals surface area contributed by atoms with E-state index in [0.29, 0.717) is 6.42 Å². The fourth-order valence-electron chi connectivity index (χ4n) is 0.687. The van der Waals surface area contributed by atoms with Gasteiger partial charge in [0.1, 0.15) is 0 Å². The minimum Gasteiger partial charge on any atom is -0.198 e. The molecule has 0 radical (unpaired) electrons. The zero-order valence-electron chi connectivity index (χ0n) is 5.45. The first kappa shape index (κ1) is 9.44. The first-order valence-electron chi connectivity index (χ1n) is 2.84. The van der Waals surface area contributed by atoms with Gasteiger partial charge in [-0.3, -0.25) is 0 Å². The summed E-state index contributed by atoms with van der Waals surface area (Å²) in [6, 6.07) is 11.8. The Morgan fingerprint density at radius 3 is 2.30 bits per heavy atom. The van der Waals surface area contributed by atoms with Crippen molar-refractivity contribution in [2.45, 2.75) is 6.42 Å². The molecule has 0 amide bonds. The molecule has 0 aliphatic rings. The molecule has 52 valence electrons. The third-order valence-corrected chi connectivity index (χ3v) is 1.13. The molecule has 10 heavy (non-hydrogen) atoms. The fraction of sp³-hybridized carbons (Fsp3) is 0.125. The Bertz CT molecular complexity index is 212. The highest BCUT2D eigenvalue weighted by Gasteiger charge is 1.84. The van der Waals surface area contributed by atoms with Crippen molar-refractivity contribution >= 4 is 24.0 Å². The van der Waals surface area contributed by atoms with Gasteiger partial charge in [-0.25, -0.2) is 0 Å². The largest absolute Gasteiger partial charge is 0.198 e. The van der Waals surface area contributed by atoms with Crippen LogP contribution >= 0.6 is 24.0 Å². The van der Waals surface area contributed by atoms with Crippen molar-refractivity contribution in [3.63, 3.8) is 0 Å². The van der Waals surface area contributed by atoms with Crippen LogP contribution in [-0.2, 0) is 6.42 Å². The van der Waals surface area contributed by atoms with Gasteiger partial charge in [0.2, 0.25) is 0 Å². The normalized spacial score (nSPS) is 7.50. The minimum absolute atomic E-state index is 0. The Labute approximate surface area is 77.7 Å². The van der Waals surface area contributed by atoms with Gasteiger partial charge in [-0.05, 0) is 5.56 Å². The van der Waals surface area contributed by atoms with Crippen LogP contribution in [0, 0.1) is 11.3 Å². The predicted octanol–water partition coefficient (Wildman–Crippen LogP) is 2.37. The van der Waals surface area contributed by atoms with E-state index in [2.05, 4.69) is 6.07 Å². The molecule has 0 aliphatic heterocycles. The maximum atomic E-state index is 8.27. The molecule has 1 nitrogen and oxygen atoms in total. The fourth-order valence-corrected chi connectivity index (χ4v) is 0.687. The maximum Gasteiger partial charge on any atom is 0.0669 e. The van der Waals surface area contributed by atoms with Crippen LogP contribution in [0.3, 0.4) is 0 Å². The maximum absolute atomic E-state index is 8.27. The van der Waals surface area contributed by atoms with Crippen LogP contribution in [0.15, 0.2) is 30.3 Å². The summed E-state index contributed by atoms with van der Waals surface area (Å²) in [6.07, 6.45) is 0.515. The molecule has 0 spiro atoms. The van der Waals surface area contributed by atoms with Crippen LogP contribution < -0.4 is 0 Å². The quantitative estimate of drug-likeness (QED) is 0.697. The first-order chi connectivity index (χ1) is 4.43. The summed E-state index contributed by atoms with van der Waals surface area (Å²) >= 11 is 0. The molecule has 0 saturated heterocycles. The molecular weight excluding hydrogens is 237 g/mol. The highest BCUT2D eigenvalue weighted by atomic mass is 127. The number of rotatable bonds is 1. The van der Waals surface area contributed by atoms with Crippen LogP contribution in [-0.4, -0.2) is 0 Å².